The molecule has 0 radical (unpaired) electrons. The van der Waals surface area contributed by atoms with Crippen molar-refractivity contribution in [2.24, 2.45) is 0 Å². The highest BCUT2D eigenvalue weighted by Gasteiger charge is 2.04. The summed E-state index contributed by atoms with van der Waals surface area (Å²) in [6.07, 6.45) is 2.16. The molecule has 0 saturated carbocycles. The molecule has 1 N–H and O–H groups in total. The molecule has 0 atom stereocenters. The fraction of sp³-hybridized carbons (Fsp3) is 0.364. The average Bonchev–Trinajstić information content (AvgIpc) is 2.15. The summed E-state index contributed by atoms with van der Waals surface area (Å²) < 4.78 is 1.00. The predicted molar refractivity (Wildman–Crippen MR) is 67.6 cm³/mol. The number of hydrogen-bond acceptors (Lipinski definition) is 1. The maximum absolute atomic E-state index is 10.5. The van der Waals surface area contributed by atoms with Crippen LogP contribution in [0, 0.1) is 0 Å². The van der Waals surface area contributed by atoms with Crippen LogP contribution in [0.4, 0.5) is 0 Å². The van der Waals surface area contributed by atoms with Gasteiger partial charge in [0.15, 0.2) is 0 Å². The van der Waals surface area contributed by atoms with Gasteiger partial charge in [-0.2, -0.15) is 0 Å². The van der Waals surface area contributed by atoms with E-state index >= 15 is 0 Å². The molecule has 0 amide bonds. The summed E-state index contributed by atoms with van der Waals surface area (Å²) >= 11 is 6.84. The van der Waals surface area contributed by atoms with Gasteiger partial charge in [-0.1, -0.05) is 44.0 Å². The van der Waals surface area contributed by atoms with E-state index in [1.54, 1.807) is 0 Å². The molecule has 1 rings (SSSR count). The molecule has 0 saturated heterocycles. The maximum atomic E-state index is 10.5. The Morgan fingerprint density at radius 2 is 2.13 bits per heavy atom. The minimum atomic E-state index is -0.796. The van der Waals surface area contributed by atoms with Gasteiger partial charge < -0.3 is 5.11 Å². The minimum absolute atomic E-state index is 0.0807. The monoisotopic (exact) mass is 334 g/mol. The molecular formula is C11H12Br2O2. The van der Waals surface area contributed by atoms with Crippen LogP contribution in [0.2, 0.25) is 0 Å². The quantitative estimate of drug-likeness (QED) is 0.837. The molecule has 1 aromatic rings. The van der Waals surface area contributed by atoms with Gasteiger partial charge in [0.2, 0.25) is 0 Å². The van der Waals surface area contributed by atoms with Gasteiger partial charge in [0.05, 0.1) is 6.42 Å². The van der Waals surface area contributed by atoms with Crippen LogP contribution in [0.1, 0.15) is 17.5 Å². The van der Waals surface area contributed by atoms with E-state index in [-0.39, 0.29) is 6.42 Å². The van der Waals surface area contributed by atoms with Crippen molar-refractivity contribution in [1.29, 1.82) is 0 Å². The number of aryl methyl sites for hydroxylation is 1. The van der Waals surface area contributed by atoms with E-state index in [1.807, 2.05) is 18.2 Å². The predicted octanol–water partition coefficient (Wildman–Crippen LogP) is 3.40. The molecule has 0 aliphatic rings. The van der Waals surface area contributed by atoms with Crippen LogP contribution in [0.15, 0.2) is 22.7 Å². The van der Waals surface area contributed by atoms with Gasteiger partial charge in [-0.25, -0.2) is 0 Å². The number of benzene rings is 1. The molecule has 82 valence electrons. The van der Waals surface area contributed by atoms with Gasteiger partial charge in [-0.3, -0.25) is 4.79 Å². The zero-order chi connectivity index (χ0) is 11.3. The van der Waals surface area contributed by atoms with Crippen LogP contribution in [0.5, 0.6) is 0 Å². The van der Waals surface area contributed by atoms with Crippen molar-refractivity contribution in [2.45, 2.75) is 19.3 Å². The van der Waals surface area contributed by atoms with Crippen molar-refractivity contribution in [2.75, 3.05) is 5.33 Å². The smallest absolute Gasteiger partial charge is 0.307 e. The summed E-state index contributed by atoms with van der Waals surface area (Å²) in [4.78, 5) is 10.5. The molecule has 0 aromatic heterocycles. The van der Waals surface area contributed by atoms with E-state index in [0.29, 0.717) is 0 Å². The molecule has 0 aliphatic carbocycles. The van der Waals surface area contributed by atoms with Crippen molar-refractivity contribution < 1.29 is 9.90 Å². The number of alkyl halides is 1. The summed E-state index contributed by atoms with van der Waals surface area (Å²) in [5, 5.41) is 9.63. The van der Waals surface area contributed by atoms with Gasteiger partial charge in [0.1, 0.15) is 0 Å². The Labute approximate surface area is 106 Å². The highest BCUT2D eigenvalue weighted by atomic mass is 79.9. The highest BCUT2D eigenvalue weighted by Crippen LogP contribution is 2.20. The van der Waals surface area contributed by atoms with Crippen LogP contribution < -0.4 is 0 Å². The fourth-order valence-corrected chi connectivity index (χ4v) is 2.24. The lowest BCUT2D eigenvalue weighted by Gasteiger charge is -2.05. The summed E-state index contributed by atoms with van der Waals surface area (Å²) in [6, 6.07) is 5.76. The SMILES string of the molecule is O=C(O)Cc1ccc(CCCBr)c(Br)c1. The molecule has 1 aromatic carbocycles. The first kappa shape index (κ1) is 12.7. The first-order valence-corrected chi connectivity index (χ1v) is 6.60. The van der Waals surface area contributed by atoms with Crippen molar-refractivity contribution in [3.8, 4) is 0 Å². The molecule has 0 heterocycles. The van der Waals surface area contributed by atoms with Crippen molar-refractivity contribution in [3.63, 3.8) is 0 Å². The number of rotatable bonds is 5. The molecule has 0 fully saturated rings. The van der Waals surface area contributed by atoms with Gasteiger partial charge in [0.25, 0.3) is 0 Å². The fourth-order valence-electron chi connectivity index (χ4n) is 1.34. The third-order valence-corrected chi connectivity index (χ3v) is 3.35. The number of hydrogen-bond donors (Lipinski definition) is 1. The summed E-state index contributed by atoms with van der Waals surface area (Å²) in [5.74, 6) is -0.796. The number of carboxylic acid groups (broad SMARTS) is 1. The second-order valence-corrected chi connectivity index (χ2v) is 4.94. The molecule has 15 heavy (non-hydrogen) atoms. The molecule has 0 unspecified atom stereocenters. The van der Waals surface area contributed by atoms with Crippen molar-refractivity contribution in [1.82, 2.24) is 0 Å². The summed E-state index contributed by atoms with van der Waals surface area (Å²) in [7, 11) is 0. The van der Waals surface area contributed by atoms with Crippen LogP contribution in [0.25, 0.3) is 0 Å². The zero-order valence-electron chi connectivity index (χ0n) is 8.17. The Kier molecular flexibility index (Phi) is 5.32. The average molecular weight is 336 g/mol. The number of carboxylic acids is 1. The van der Waals surface area contributed by atoms with Gasteiger partial charge in [-0.15, -0.1) is 0 Å². The summed E-state index contributed by atoms with van der Waals surface area (Å²) in [5.41, 5.74) is 2.06. The topological polar surface area (TPSA) is 37.3 Å². The second-order valence-electron chi connectivity index (χ2n) is 3.29. The second kappa shape index (κ2) is 6.28. The number of carbonyl (C=O) groups is 1. The minimum Gasteiger partial charge on any atom is -0.481 e. The lowest BCUT2D eigenvalue weighted by molar-refractivity contribution is -0.136. The van der Waals surface area contributed by atoms with E-state index in [1.165, 1.54) is 5.56 Å². The summed E-state index contributed by atoms with van der Waals surface area (Å²) in [6.45, 7) is 0. The number of halogens is 2. The van der Waals surface area contributed by atoms with Gasteiger partial charge in [-0.05, 0) is 30.0 Å². The van der Waals surface area contributed by atoms with E-state index in [9.17, 15) is 4.79 Å². The largest absolute Gasteiger partial charge is 0.481 e. The zero-order valence-corrected chi connectivity index (χ0v) is 11.3. The Morgan fingerprint density at radius 1 is 1.40 bits per heavy atom. The van der Waals surface area contributed by atoms with Crippen LogP contribution in [-0.2, 0) is 17.6 Å². The third-order valence-electron chi connectivity index (χ3n) is 2.05. The molecule has 4 heteroatoms. The Bertz CT molecular complexity index is 350. The van der Waals surface area contributed by atoms with E-state index in [4.69, 9.17) is 5.11 Å². The lowest BCUT2D eigenvalue weighted by Crippen LogP contribution is -2.00. The maximum Gasteiger partial charge on any atom is 0.307 e. The highest BCUT2D eigenvalue weighted by molar-refractivity contribution is 9.10. The molecule has 0 bridgehead atoms. The van der Waals surface area contributed by atoms with E-state index in [2.05, 4.69) is 31.9 Å². The molecule has 2 nitrogen and oxygen atoms in total. The molecule has 0 spiro atoms. The van der Waals surface area contributed by atoms with E-state index < -0.39 is 5.97 Å². The standard InChI is InChI=1S/C11H12Br2O2/c12-5-1-2-9-4-3-8(6-10(9)13)7-11(14)15/h3-4,6H,1-2,5,7H2,(H,14,15). The molecule has 0 aliphatic heterocycles. The van der Waals surface area contributed by atoms with Crippen LogP contribution in [-0.4, -0.2) is 16.4 Å². The first-order chi connectivity index (χ1) is 7.13. The van der Waals surface area contributed by atoms with Gasteiger partial charge in [0, 0.05) is 9.80 Å². The van der Waals surface area contributed by atoms with E-state index in [0.717, 1.165) is 28.2 Å². The Morgan fingerprint density at radius 3 is 2.67 bits per heavy atom. The Balaban J connectivity index is 2.74. The Hall–Kier alpha value is -0.350. The van der Waals surface area contributed by atoms with Gasteiger partial charge >= 0.3 is 5.97 Å². The van der Waals surface area contributed by atoms with Crippen LogP contribution >= 0.6 is 31.9 Å². The number of aliphatic carboxylic acids is 1. The van der Waals surface area contributed by atoms with Crippen LogP contribution in [0.3, 0.4) is 0 Å². The lowest BCUT2D eigenvalue weighted by atomic mass is 10.1. The molecular weight excluding hydrogens is 324 g/mol. The normalized spacial score (nSPS) is 10.3. The van der Waals surface area contributed by atoms with Crippen molar-refractivity contribution in [3.05, 3.63) is 33.8 Å². The first-order valence-electron chi connectivity index (χ1n) is 4.68. The van der Waals surface area contributed by atoms with Crippen molar-refractivity contribution >= 4 is 37.8 Å². The third kappa shape index (κ3) is 4.34.